The van der Waals surface area contributed by atoms with Crippen LogP contribution in [0, 0.1) is 0 Å². The number of methoxy groups -OCH3 is 1. The van der Waals surface area contributed by atoms with Gasteiger partial charge >= 0.3 is 0 Å². The zero-order chi connectivity index (χ0) is 12.0. The van der Waals surface area contributed by atoms with Gasteiger partial charge in [0.2, 0.25) is 0 Å². The Hall–Kier alpha value is 0.140. The summed E-state index contributed by atoms with van der Waals surface area (Å²) in [5.74, 6) is 2.64. The molecule has 0 spiro atoms. The number of hydrogen-bond donors (Lipinski definition) is 0. The summed E-state index contributed by atoms with van der Waals surface area (Å²) in [5, 5.41) is 0.584. The van der Waals surface area contributed by atoms with Gasteiger partial charge in [-0.3, -0.25) is 0 Å². The molecule has 0 saturated heterocycles. The summed E-state index contributed by atoms with van der Waals surface area (Å²) >= 11 is 11.1. The van der Waals surface area contributed by atoms with Gasteiger partial charge in [-0.25, -0.2) is 0 Å². The summed E-state index contributed by atoms with van der Waals surface area (Å²) in [7, 11) is 1.71. The first-order valence-electron chi connectivity index (χ1n) is 5.17. The minimum absolute atomic E-state index is 0.584. The molecule has 0 aliphatic rings. The highest BCUT2D eigenvalue weighted by Crippen LogP contribution is 2.29. The number of rotatable bonds is 6. The fourth-order valence-corrected chi connectivity index (χ4v) is 3.17. The van der Waals surface area contributed by atoms with Crippen LogP contribution in [0.3, 0.4) is 0 Å². The first kappa shape index (κ1) is 14.2. The molecule has 0 fully saturated rings. The van der Waals surface area contributed by atoms with Crippen LogP contribution in [0.5, 0.6) is 5.75 Å². The van der Waals surface area contributed by atoms with Gasteiger partial charge in [0.05, 0.1) is 7.11 Å². The third-order valence-corrected chi connectivity index (χ3v) is 4.28. The summed E-state index contributed by atoms with van der Waals surface area (Å²) in [4.78, 5) is 0. The van der Waals surface area contributed by atoms with E-state index in [2.05, 4.69) is 28.9 Å². The van der Waals surface area contributed by atoms with Crippen molar-refractivity contribution in [1.82, 2.24) is 0 Å². The van der Waals surface area contributed by atoms with E-state index in [4.69, 9.17) is 16.3 Å². The van der Waals surface area contributed by atoms with Crippen LogP contribution in [0.2, 0.25) is 0 Å². The van der Waals surface area contributed by atoms with Gasteiger partial charge in [0.25, 0.3) is 0 Å². The Morgan fingerprint density at radius 1 is 1.50 bits per heavy atom. The van der Waals surface area contributed by atoms with Gasteiger partial charge in [0.1, 0.15) is 5.75 Å². The normalized spacial score (nSPS) is 12.5. The molecular formula is C12H16BrClOS. The van der Waals surface area contributed by atoms with E-state index in [-0.39, 0.29) is 0 Å². The van der Waals surface area contributed by atoms with E-state index in [1.165, 1.54) is 5.56 Å². The summed E-state index contributed by atoms with van der Waals surface area (Å²) in [6.07, 6.45) is 1.04. The van der Waals surface area contributed by atoms with E-state index in [0.717, 1.165) is 28.3 Å². The van der Waals surface area contributed by atoms with Gasteiger partial charge in [-0.1, -0.05) is 22.9 Å². The van der Waals surface area contributed by atoms with Crippen molar-refractivity contribution in [3.05, 3.63) is 28.2 Å². The number of alkyl halides is 1. The van der Waals surface area contributed by atoms with Gasteiger partial charge in [-0.15, -0.1) is 11.6 Å². The van der Waals surface area contributed by atoms with Gasteiger partial charge in [-0.05, 0) is 24.6 Å². The number of hydrogen-bond acceptors (Lipinski definition) is 2. The van der Waals surface area contributed by atoms with E-state index < -0.39 is 0 Å². The average Bonchev–Trinajstić information content (AvgIpc) is 2.27. The first-order chi connectivity index (χ1) is 7.67. The van der Waals surface area contributed by atoms with Crippen molar-refractivity contribution >= 4 is 39.3 Å². The Kier molecular flexibility index (Phi) is 6.62. The lowest BCUT2D eigenvalue weighted by Gasteiger charge is -2.12. The van der Waals surface area contributed by atoms with E-state index >= 15 is 0 Å². The van der Waals surface area contributed by atoms with Crippen molar-refractivity contribution in [1.29, 1.82) is 0 Å². The number of thioether (sulfide) groups is 1. The quantitative estimate of drug-likeness (QED) is 0.701. The van der Waals surface area contributed by atoms with Crippen LogP contribution in [0.4, 0.5) is 0 Å². The van der Waals surface area contributed by atoms with Crippen LogP contribution >= 0.6 is 39.3 Å². The lowest BCUT2D eigenvalue weighted by Crippen LogP contribution is -1.98. The second kappa shape index (κ2) is 7.46. The molecule has 0 N–H and O–H groups in total. The van der Waals surface area contributed by atoms with Gasteiger partial charge in [0, 0.05) is 26.9 Å². The molecule has 1 atom stereocenters. The second-order valence-electron chi connectivity index (χ2n) is 3.56. The first-order valence-corrected chi connectivity index (χ1v) is 7.55. The Morgan fingerprint density at radius 3 is 2.88 bits per heavy atom. The molecule has 1 aromatic carbocycles. The molecule has 0 aliphatic carbocycles. The standard InChI is InChI=1S/C12H16BrClOS/c1-9(5-6-14)16-8-10-7-11(13)3-4-12(10)15-2/h3-4,7,9H,5-6,8H2,1-2H3. The zero-order valence-electron chi connectivity index (χ0n) is 9.50. The van der Waals surface area contributed by atoms with Crippen LogP contribution in [-0.2, 0) is 5.75 Å². The van der Waals surface area contributed by atoms with E-state index in [1.807, 2.05) is 23.9 Å². The molecule has 16 heavy (non-hydrogen) atoms. The number of ether oxygens (including phenoxy) is 1. The lowest BCUT2D eigenvalue weighted by molar-refractivity contribution is 0.411. The Balaban J connectivity index is 2.61. The molecule has 0 amide bonds. The summed E-state index contributed by atoms with van der Waals surface area (Å²) in [5.41, 5.74) is 1.23. The van der Waals surface area contributed by atoms with Crippen LogP contribution in [0.15, 0.2) is 22.7 Å². The summed E-state index contributed by atoms with van der Waals surface area (Å²) < 4.78 is 6.42. The Morgan fingerprint density at radius 2 is 2.25 bits per heavy atom. The van der Waals surface area contributed by atoms with E-state index in [0.29, 0.717) is 5.25 Å². The molecule has 90 valence electrons. The maximum Gasteiger partial charge on any atom is 0.122 e. The van der Waals surface area contributed by atoms with Crippen molar-refractivity contribution in [2.24, 2.45) is 0 Å². The third-order valence-electron chi connectivity index (χ3n) is 2.28. The number of benzene rings is 1. The molecule has 1 unspecified atom stereocenters. The maximum atomic E-state index is 5.72. The molecule has 1 rings (SSSR count). The molecule has 1 nitrogen and oxygen atoms in total. The molecular weight excluding hydrogens is 308 g/mol. The molecule has 0 saturated carbocycles. The van der Waals surface area contributed by atoms with Crippen LogP contribution in [-0.4, -0.2) is 18.2 Å². The summed E-state index contributed by atoms with van der Waals surface area (Å²) in [6, 6.07) is 6.10. The van der Waals surface area contributed by atoms with Crippen LogP contribution in [0.25, 0.3) is 0 Å². The zero-order valence-corrected chi connectivity index (χ0v) is 12.7. The molecule has 0 aliphatic heterocycles. The molecule has 4 heteroatoms. The fourth-order valence-electron chi connectivity index (χ4n) is 1.33. The average molecular weight is 324 g/mol. The minimum Gasteiger partial charge on any atom is -0.496 e. The molecule has 0 radical (unpaired) electrons. The second-order valence-corrected chi connectivity index (χ2v) is 6.28. The molecule has 0 heterocycles. The lowest BCUT2D eigenvalue weighted by atomic mass is 10.2. The SMILES string of the molecule is COc1ccc(Br)cc1CSC(C)CCCl. The van der Waals surface area contributed by atoms with Crippen LogP contribution in [0.1, 0.15) is 18.9 Å². The van der Waals surface area contributed by atoms with Crippen LogP contribution < -0.4 is 4.74 Å². The molecule has 0 aromatic heterocycles. The van der Waals surface area contributed by atoms with Crippen molar-refractivity contribution in [3.63, 3.8) is 0 Å². The third kappa shape index (κ3) is 4.56. The topological polar surface area (TPSA) is 9.23 Å². The van der Waals surface area contributed by atoms with E-state index in [1.54, 1.807) is 7.11 Å². The minimum atomic E-state index is 0.584. The highest BCUT2D eigenvalue weighted by molar-refractivity contribution is 9.10. The Bertz CT molecular complexity index is 333. The van der Waals surface area contributed by atoms with Gasteiger partial charge < -0.3 is 4.74 Å². The van der Waals surface area contributed by atoms with Crippen molar-refractivity contribution in [3.8, 4) is 5.75 Å². The predicted octanol–water partition coefficient (Wildman–Crippen LogP) is 4.71. The van der Waals surface area contributed by atoms with E-state index in [9.17, 15) is 0 Å². The fraction of sp³-hybridized carbons (Fsp3) is 0.500. The van der Waals surface area contributed by atoms with Gasteiger partial charge in [0.15, 0.2) is 0 Å². The largest absolute Gasteiger partial charge is 0.496 e. The van der Waals surface area contributed by atoms with Crippen molar-refractivity contribution < 1.29 is 4.74 Å². The van der Waals surface area contributed by atoms with Crippen molar-refractivity contribution in [2.75, 3.05) is 13.0 Å². The summed E-state index contributed by atoms with van der Waals surface area (Å²) in [6.45, 7) is 2.21. The maximum absolute atomic E-state index is 5.72. The van der Waals surface area contributed by atoms with Crippen molar-refractivity contribution in [2.45, 2.75) is 24.3 Å². The predicted molar refractivity (Wildman–Crippen MR) is 76.8 cm³/mol. The Labute approximate surface area is 115 Å². The highest BCUT2D eigenvalue weighted by Gasteiger charge is 2.07. The van der Waals surface area contributed by atoms with Gasteiger partial charge in [-0.2, -0.15) is 11.8 Å². The monoisotopic (exact) mass is 322 g/mol. The number of halogens is 2. The highest BCUT2D eigenvalue weighted by atomic mass is 79.9. The smallest absolute Gasteiger partial charge is 0.122 e. The molecule has 1 aromatic rings. The molecule has 0 bridgehead atoms.